The van der Waals surface area contributed by atoms with Gasteiger partial charge < -0.3 is 0 Å². The number of hydrogen-bond acceptors (Lipinski definition) is 0. The van der Waals surface area contributed by atoms with Crippen molar-refractivity contribution in [1.29, 1.82) is 0 Å². The highest BCUT2D eigenvalue weighted by Gasteiger charge is 2.53. The first-order valence-corrected chi connectivity index (χ1v) is 2.71. The third kappa shape index (κ3) is 0.904. The molecule has 0 heterocycles. The van der Waals surface area contributed by atoms with Crippen molar-refractivity contribution in [2.45, 2.75) is 31.1 Å². The standard InChI is InChI=1S/C5H6F4/c6-3-1-2-4(7)5(3,8)9/h3-4H,1-2H2. The number of rotatable bonds is 0. The Morgan fingerprint density at radius 2 is 1.33 bits per heavy atom. The smallest absolute Gasteiger partial charge is 0.241 e. The molecular weight excluding hydrogens is 136 g/mol. The molecule has 0 amide bonds. The number of alkyl halides is 4. The average molecular weight is 142 g/mol. The van der Waals surface area contributed by atoms with Gasteiger partial charge in [0.1, 0.15) is 0 Å². The van der Waals surface area contributed by atoms with Crippen molar-refractivity contribution in [3.8, 4) is 0 Å². The minimum absolute atomic E-state index is 0.353. The Balaban J connectivity index is 2.66. The van der Waals surface area contributed by atoms with Gasteiger partial charge in [-0.15, -0.1) is 0 Å². The van der Waals surface area contributed by atoms with Crippen LogP contribution in [-0.4, -0.2) is 18.3 Å². The molecule has 4 heteroatoms. The van der Waals surface area contributed by atoms with Crippen LogP contribution in [0.25, 0.3) is 0 Å². The first kappa shape index (κ1) is 6.83. The van der Waals surface area contributed by atoms with E-state index in [2.05, 4.69) is 0 Å². The van der Waals surface area contributed by atoms with Crippen molar-refractivity contribution in [3.05, 3.63) is 0 Å². The van der Waals surface area contributed by atoms with Gasteiger partial charge in [-0.25, -0.2) is 17.6 Å². The van der Waals surface area contributed by atoms with Gasteiger partial charge in [-0.3, -0.25) is 0 Å². The summed E-state index contributed by atoms with van der Waals surface area (Å²) in [5.41, 5.74) is 0. The molecule has 0 aromatic rings. The summed E-state index contributed by atoms with van der Waals surface area (Å²) in [7, 11) is 0. The Bertz CT molecular complexity index is 99.5. The van der Waals surface area contributed by atoms with Crippen molar-refractivity contribution in [2.75, 3.05) is 0 Å². The second-order valence-corrected chi connectivity index (χ2v) is 2.19. The monoisotopic (exact) mass is 142 g/mol. The fourth-order valence-electron chi connectivity index (χ4n) is 0.874. The van der Waals surface area contributed by atoms with Crippen LogP contribution in [0.2, 0.25) is 0 Å². The van der Waals surface area contributed by atoms with Crippen LogP contribution in [0.4, 0.5) is 17.6 Å². The molecule has 0 aliphatic heterocycles. The maximum absolute atomic E-state index is 12.0. The van der Waals surface area contributed by atoms with Gasteiger partial charge in [0.15, 0.2) is 12.3 Å². The minimum atomic E-state index is -3.72. The zero-order valence-electron chi connectivity index (χ0n) is 4.58. The fourth-order valence-corrected chi connectivity index (χ4v) is 0.874. The van der Waals surface area contributed by atoms with E-state index in [9.17, 15) is 17.6 Å². The Morgan fingerprint density at radius 3 is 1.44 bits per heavy atom. The fraction of sp³-hybridized carbons (Fsp3) is 1.00. The number of halogens is 4. The SMILES string of the molecule is FC1CCC(F)C1(F)F. The lowest BCUT2D eigenvalue weighted by Gasteiger charge is -2.12. The van der Waals surface area contributed by atoms with Gasteiger partial charge in [-0.05, 0) is 12.8 Å². The van der Waals surface area contributed by atoms with Crippen LogP contribution in [0.3, 0.4) is 0 Å². The Morgan fingerprint density at radius 1 is 1.00 bits per heavy atom. The molecule has 0 nitrogen and oxygen atoms in total. The van der Waals surface area contributed by atoms with Crippen molar-refractivity contribution in [3.63, 3.8) is 0 Å². The summed E-state index contributed by atoms with van der Waals surface area (Å²) >= 11 is 0. The third-order valence-corrected chi connectivity index (χ3v) is 1.51. The molecule has 1 aliphatic rings. The van der Waals surface area contributed by atoms with Crippen LogP contribution in [0.1, 0.15) is 12.8 Å². The van der Waals surface area contributed by atoms with Crippen molar-refractivity contribution in [2.24, 2.45) is 0 Å². The normalized spacial score (nSPS) is 41.3. The molecule has 2 unspecified atom stereocenters. The molecule has 0 N–H and O–H groups in total. The quantitative estimate of drug-likeness (QED) is 0.454. The topological polar surface area (TPSA) is 0 Å². The first-order valence-electron chi connectivity index (χ1n) is 2.71. The van der Waals surface area contributed by atoms with E-state index < -0.39 is 18.3 Å². The van der Waals surface area contributed by atoms with Gasteiger partial charge in [0.25, 0.3) is 0 Å². The molecule has 0 bridgehead atoms. The van der Waals surface area contributed by atoms with Crippen LogP contribution >= 0.6 is 0 Å². The minimum Gasteiger partial charge on any atom is -0.241 e. The van der Waals surface area contributed by atoms with E-state index in [-0.39, 0.29) is 12.8 Å². The zero-order valence-corrected chi connectivity index (χ0v) is 4.58. The van der Waals surface area contributed by atoms with Crippen LogP contribution in [0, 0.1) is 0 Å². The summed E-state index contributed by atoms with van der Waals surface area (Å²) in [4.78, 5) is 0. The maximum atomic E-state index is 12.0. The van der Waals surface area contributed by atoms with Gasteiger partial charge in [0, 0.05) is 0 Å². The Labute approximate surface area is 49.9 Å². The maximum Gasteiger partial charge on any atom is 0.309 e. The molecule has 54 valence electrons. The zero-order chi connectivity index (χ0) is 7.07. The summed E-state index contributed by atoms with van der Waals surface area (Å²) < 4.78 is 47.9. The van der Waals surface area contributed by atoms with Gasteiger partial charge in [0.05, 0.1) is 0 Å². The molecule has 0 aromatic carbocycles. The Hall–Kier alpha value is -0.280. The van der Waals surface area contributed by atoms with E-state index >= 15 is 0 Å². The first-order chi connectivity index (χ1) is 4.05. The second kappa shape index (κ2) is 1.85. The molecule has 0 radical (unpaired) electrons. The predicted molar refractivity (Wildman–Crippen MR) is 24.0 cm³/mol. The van der Waals surface area contributed by atoms with Crippen LogP contribution in [0.15, 0.2) is 0 Å². The van der Waals surface area contributed by atoms with E-state index in [4.69, 9.17) is 0 Å². The van der Waals surface area contributed by atoms with Crippen LogP contribution in [-0.2, 0) is 0 Å². The summed E-state index contributed by atoms with van der Waals surface area (Å²) in [6.07, 6.45) is -5.25. The summed E-state index contributed by atoms with van der Waals surface area (Å²) in [5, 5.41) is 0. The van der Waals surface area contributed by atoms with Crippen molar-refractivity contribution in [1.82, 2.24) is 0 Å². The van der Waals surface area contributed by atoms with E-state index in [1.807, 2.05) is 0 Å². The highest BCUT2D eigenvalue weighted by Crippen LogP contribution is 2.39. The van der Waals surface area contributed by atoms with E-state index in [1.165, 1.54) is 0 Å². The highest BCUT2D eigenvalue weighted by atomic mass is 19.3. The van der Waals surface area contributed by atoms with Gasteiger partial charge in [-0.1, -0.05) is 0 Å². The largest absolute Gasteiger partial charge is 0.309 e. The van der Waals surface area contributed by atoms with E-state index in [0.29, 0.717) is 0 Å². The predicted octanol–water partition coefficient (Wildman–Crippen LogP) is 2.09. The molecule has 1 saturated carbocycles. The van der Waals surface area contributed by atoms with E-state index in [0.717, 1.165) is 0 Å². The molecule has 1 fully saturated rings. The summed E-state index contributed by atoms with van der Waals surface area (Å²) in [6.45, 7) is 0. The lowest BCUT2D eigenvalue weighted by molar-refractivity contribution is -0.0943. The van der Waals surface area contributed by atoms with Crippen LogP contribution < -0.4 is 0 Å². The highest BCUT2D eigenvalue weighted by molar-refractivity contribution is 4.92. The van der Waals surface area contributed by atoms with Gasteiger partial charge in [-0.2, -0.15) is 0 Å². The molecule has 1 aliphatic carbocycles. The molecule has 2 atom stereocenters. The van der Waals surface area contributed by atoms with Crippen LogP contribution in [0.5, 0.6) is 0 Å². The van der Waals surface area contributed by atoms with Gasteiger partial charge in [0.2, 0.25) is 0 Å². The van der Waals surface area contributed by atoms with Crippen molar-refractivity contribution >= 4 is 0 Å². The van der Waals surface area contributed by atoms with Crippen molar-refractivity contribution < 1.29 is 17.6 Å². The number of hydrogen-bond donors (Lipinski definition) is 0. The molecule has 0 spiro atoms. The summed E-state index contributed by atoms with van der Waals surface area (Å²) in [6, 6.07) is 0. The summed E-state index contributed by atoms with van der Waals surface area (Å²) in [5.74, 6) is -3.72. The molecular formula is C5H6F4. The lowest BCUT2D eigenvalue weighted by atomic mass is 10.2. The second-order valence-electron chi connectivity index (χ2n) is 2.19. The average Bonchev–Trinajstić information content (AvgIpc) is 1.96. The van der Waals surface area contributed by atoms with E-state index in [1.54, 1.807) is 0 Å². The molecule has 9 heavy (non-hydrogen) atoms. The lowest BCUT2D eigenvalue weighted by Crippen LogP contribution is -2.31. The molecule has 0 aromatic heterocycles. The van der Waals surface area contributed by atoms with Gasteiger partial charge >= 0.3 is 5.92 Å². The molecule has 1 rings (SSSR count). The Kier molecular flexibility index (Phi) is 1.41. The third-order valence-electron chi connectivity index (χ3n) is 1.51. The molecule has 0 saturated heterocycles.